The number of aryl methyl sites for hydroxylation is 1. The highest BCUT2D eigenvalue weighted by atomic mass is 16.5. The van der Waals surface area contributed by atoms with E-state index in [1.807, 2.05) is 13.8 Å². The van der Waals surface area contributed by atoms with E-state index in [1.54, 1.807) is 12.3 Å². The molecule has 2 aromatic heterocycles. The largest absolute Gasteiger partial charge is 0.478 e. The summed E-state index contributed by atoms with van der Waals surface area (Å²) in [6.07, 6.45) is 5.01. The Morgan fingerprint density at radius 3 is 2.89 bits per heavy atom. The van der Waals surface area contributed by atoms with Crippen LogP contribution in [0, 0.1) is 0 Å². The van der Waals surface area contributed by atoms with E-state index in [1.165, 1.54) is 6.33 Å². The fraction of sp³-hybridized carbons (Fsp3) is 0.462. The Labute approximate surface area is 112 Å². The van der Waals surface area contributed by atoms with Gasteiger partial charge in [0.05, 0.1) is 19.3 Å². The summed E-state index contributed by atoms with van der Waals surface area (Å²) in [5.74, 6) is 2.79. The van der Waals surface area contributed by atoms with Crippen molar-refractivity contribution in [2.75, 3.05) is 11.9 Å². The summed E-state index contributed by atoms with van der Waals surface area (Å²) in [6, 6.07) is 1.76. The Bertz CT molecular complexity index is 513. The van der Waals surface area contributed by atoms with E-state index in [4.69, 9.17) is 9.15 Å². The van der Waals surface area contributed by atoms with E-state index < -0.39 is 0 Å². The maximum atomic E-state index is 5.50. The molecule has 0 spiro atoms. The molecule has 2 heterocycles. The summed E-state index contributed by atoms with van der Waals surface area (Å²) in [7, 11) is 0. The molecular weight excluding hydrogens is 244 g/mol. The first-order chi connectivity index (χ1) is 9.31. The second-order valence-corrected chi connectivity index (χ2v) is 4.02. The summed E-state index contributed by atoms with van der Waals surface area (Å²) < 4.78 is 10.9. The van der Waals surface area contributed by atoms with Crippen molar-refractivity contribution >= 4 is 5.82 Å². The Balaban J connectivity index is 1.91. The lowest BCUT2D eigenvalue weighted by molar-refractivity contribution is 0.305. The van der Waals surface area contributed by atoms with Crippen molar-refractivity contribution in [2.24, 2.45) is 0 Å². The van der Waals surface area contributed by atoms with Crippen LogP contribution in [-0.4, -0.2) is 21.6 Å². The molecule has 0 radical (unpaired) electrons. The normalized spacial score (nSPS) is 10.4. The molecule has 0 aromatic carbocycles. The molecule has 1 N–H and O–H groups in total. The zero-order valence-corrected chi connectivity index (χ0v) is 11.2. The molecule has 0 amide bonds. The highest BCUT2D eigenvalue weighted by Gasteiger charge is 2.04. The van der Waals surface area contributed by atoms with Crippen LogP contribution in [0.25, 0.3) is 0 Å². The monoisotopic (exact) mass is 262 g/mol. The van der Waals surface area contributed by atoms with Gasteiger partial charge in [0.25, 0.3) is 0 Å². The zero-order chi connectivity index (χ0) is 13.5. The molecule has 0 aliphatic carbocycles. The van der Waals surface area contributed by atoms with Crippen LogP contribution in [0.5, 0.6) is 5.88 Å². The summed E-state index contributed by atoms with van der Waals surface area (Å²) in [6.45, 7) is 5.22. The molecule has 0 saturated heterocycles. The third-order valence-electron chi connectivity index (χ3n) is 2.47. The molecule has 0 atom stereocenters. The third-order valence-corrected chi connectivity index (χ3v) is 2.47. The number of nitrogens with one attached hydrogen (secondary N) is 1. The van der Waals surface area contributed by atoms with Gasteiger partial charge in [0.1, 0.15) is 17.9 Å². The van der Waals surface area contributed by atoms with Crippen LogP contribution in [0.1, 0.15) is 31.9 Å². The first kappa shape index (κ1) is 13.3. The van der Waals surface area contributed by atoms with Crippen molar-refractivity contribution in [2.45, 2.75) is 33.2 Å². The van der Waals surface area contributed by atoms with Gasteiger partial charge in [-0.3, -0.25) is 0 Å². The second kappa shape index (κ2) is 6.72. The molecule has 2 aromatic rings. The first-order valence-corrected chi connectivity index (χ1v) is 6.44. The standard InChI is InChI=1S/C13H18N4O2/c1-3-5-18-12-6-11(16-9-17-12)14-8-13-15-7-10(4-2)19-13/h6-7,9H,3-5,8H2,1-2H3,(H,14,16,17). The average Bonchev–Trinajstić information content (AvgIpc) is 2.91. The molecule has 2 rings (SSSR count). The fourth-order valence-corrected chi connectivity index (χ4v) is 1.48. The molecule has 19 heavy (non-hydrogen) atoms. The highest BCUT2D eigenvalue weighted by Crippen LogP contribution is 2.12. The van der Waals surface area contributed by atoms with Gasteiger partial charge in [-0.1, -0.05) is 13.8 Å². The minimum atomic E-state index is 0.490. The number of anilines is 1. The van der Waals surface area contributed by atoms with Gasteiger partial charge in [0.15, 0.2) is 0 Å². The van der Waals surface area contributed by atoms with Crippen LogP contribution in [-0.2, 0) is 13.0 Å². The van der Waals surface area contributed by atoms with E-state index in [0.717, 1.165) is 18.6 Å². The van der Waals surface area contributed by atoms with Crippen LogP contribution in [0.3, 0.4) is 0 Å². The summed E-state index contributed by atoms with van der Waals surface area (Å²) in [5, 5.41) is 3.13. The maximum absolute atomic E-state index is 5.50. The predicted molar refractivity (Wildman–Crippen MR) is 71.0 cm³/mol. The van der Waals surface area contributed by atoms with Crippen molar-refractivity contribution in [3.63, 3.8) is 0 Å². The van der Waals surface area contributed by atoms with Gasteiger partial charge in [-0.2, -0.15) is 0 Å². The van der Waals surface area contributed by atoms with Crippen molar-refractivity contribution in [3.05, 3.63) is 30.2 Å². The minimum absolute atomic E-state index is 0.490. The van der Waals surface area contributed by atoms with Crippen molar-refractivity contribution in [1.29, 1.82) is 0 Å². The smallest absolute Gasteiger partial charge is 0.218 e. The van der Waals surface area contributed by atoms with Crippen LogP contribution in [0.15, 0.2) is 23.0 Å². The number of oxazole rings is 1. The number of rotatable bonds is 7. The molecule has 0 bridgehead atoms. The quantitative estimate of drug-likeness (QED) is 0.826. The van der Waals surface area contributed by atoms with Crippen molar-refractivity contribution < 1.29 is 9.15 Å². The zero-order valence-electron chi connectivity index (χ0n) is 11.2. The van der Waals surface area contributed by atoms with E-state index in [9.17, 15) is 0 Å². The minimum Gasteiger partial charge on any atom is -0.478 e. The maximum Gasteiger partial charge on any atom is 0.218 e. The summed E-state index contributed by atoms with van der Waals surface area (Å²) in [4.78, 5) is 12.3. The lowest BCUT2D eigenvalue weighted by Gasteiger charge is -2.06. The first-order valence-electron chi connectivity index (χ1n) is 6.44. The molecule has 0 saturated carbocycles. The van der Waals surface area contributed by atoms with E-state index >= 15 is 0 Å². The molecule has 6 nitrogen and oxygen atoms in total. The lowest BCUT2D eigenvalue weighted by Crippen LogP contribution is -2.03. The molecule has 0 unspecified atom stereocenters. The Hall–Kier alpha value is -2.11. The molecule has 0 aliphatic heterocycles. The van der Waals surface area contributed by atoms with Crippen LogP contribution in [0.2, 0.25) is 0 Å². The third kappa shape index (κ3) is 3.94. The lowest BCUT2D eigenvalue weighted by atomic mass is 10.4. The number of nitrogens with zero attached hydrogens (tertiary/aromatic N) is 3. The molecule has 6 heteroatoms. The van der Waals surface area contributed by atoms with E-state index in [2.05, 4.69) is 20.3 Å². The Morgan fingerprint density at radius 2 is 2.16 bits per heavy atom. The average molecular weight is 262 g/mol. The number of hydrogen-bond donors (Lipinski definition) is 1. The van der Waals surface area contributed by atoms with Crippen LogP contribution >= 0.6 is 0 Å². The summed E-state index contributed by atoms with van der Waals surface area (Å²) in [5.41, 5.74) is 0. The van der Waals surface area contributed by atoms with Crippen molar-refractivity contribution in [1.82, 2.24) is 15.0 Å². The van der Waals surface area contributed by atoms with Crippen LogP contribution in [0.4, 0.5) is 5.82 Å². The van der Waals surface area contributed by atoms with E-state index in [-0.39, 0.29) is 0 Å². The predicted octanol–water partition coefficient (Wildman–Crippen LogP) is 2.43. The number of hydrogen-bond acceptors (Lipinski definition) is 6. The second-order valence-electron chi connectivity index (χ2n) is 4.02. The molecular formula is C13H18N4O2. The SMILES string of the molecule is CCCOc1cc(NCc2ncc(CC)o2)ncn1. The fourth-order valence-electron chi connectivity index (χ4n) is 1.48. The Kier molecular flexibility index (Phi) is 4.72. The Morgan fingerprint density at radius 1 is 1.26 bits per heavy atom. The van der Waals surface area contributed by atoms with Gasteiger partial charge < -0.3 is 14.5 Å². The topological polar surface area (TPSA) is 73.1 Å². The van der Waals surface area contributed by atoms with Crippen molar-refractivity contribution in [3.8, 4) is 5.88 Å². The van der Waals surface area contributed by atoms with Gasteiger partial charge in [0, 0.05) is 12.5 Å². The molecule has 0 aliphatic rings. The molecule has 102 valence electrons. The molecule has 0 fully saturated rings. The van der Waals surface area contributed by atoms with Gasteiger partial charge in [0.2, 0.25) is 11.8 Å². The van der Waals surface area contributed by atoms with Crippen LogP contribution < -0.4 is 10.1 Å². The van der Waals surface area contributed by atoms with E-state index in [0.29, 0.717) is 30.7 Å². The summed E-state index contributed by atoms with van der Waals surface area (Å²) >= 11 is 0. The van der Waals surface area contributed by atoms with Gasteiger partial charge in [-0.05, 0) is 6.42 Å². The number of ether oxygens (including phenoxy) is 1. The van der Waals surface area contributed by atoms with Gasteiger partial charge in [-0.25, -0.2) is 15.0 Å². The number of aromatic nitrogens is 3. The van der Waals surface area contributed by atoms with Gasteiger partial charge in [-0.15, -0.1) is 0 Å². The highest BCUT2D eigenvalue weighted by molar-refractivity contribution is 5.36. The van der Waals surface area contributed by atoms with Gasteiger partial charge >= 0.3 is 0 Å².